The van der Waals surface area contributed by atoms with Gasteiger partial charge in [0.2, 0.25) is 0 Å². The molecule has 0 fully saturated rings. The number of nitrogens with zero attached hydrogens (tertiary/aromatic N) is 3. The summed E-state index contributed by atoms with van der Waals surface area (Å²) in [6.45, 7) is 1.93. The molecule has 5 nitrogen and oxygen atoms in total. The van der Waals surface area contributed by atoms with E-state index in [1.807, 2.05) is 62.3 Å². The van der Waals surface area contributed by atoms with Gasteiger partial charge in [-0.25, -0.2) is 0 Å². The van der Waals surface area contributed by atoms with Gasteiger partial charge in [-0.15, -0.1) is 0 Å². The van der Waals surface area contributed by atoms with Gasteiger partial charge >= 0.3 is 0 Å². The Morgan fingerprint density at radius 2 is 1.55 bits per heavy atom. The molecule has 0 bridgehead atoms. The highest BCUT2D eigenvalue weighted by Crippen LogP contribution is 2.37. The third kappa shape index (κ3) is 4.31. The van der Waals surface area contributed by atoms with E-state index in [9.17, 15) is 8.42 Å². The Kier molecular flexibility index (Phi) is 5.77. The first-order valence-corrected chi connectivity index (χ1v) is 11.8. The molecule has 160 valence electrons. The third-order valence-electron chi connectivity index (χ3n) is 5.41. The second kappa shape index (κ2) is 8.36. The van der Waals surface area contributed by atoms with Crippen LogP contribution in [0.2, 0.25) is 5.02 Å². The van der Waals surface area contributed by atoms with E-state index in [-0.39, 0.29) is 4.90 Å². The van der Waals surface area contributed by atoms with Gasteiger partial charge in [0.05, 0.1) is 16.6 Å². The second-order valence-corrected chi connectivity index (χ2v) is 10.1. The minimum atomic E-state index is -3.82. The van der Waals surface area contributed by atoms with Crippen LogP contribution >= 0.6 is 11.6 Å². The summed E-state index contributed by atoms with van der Waals surface area (Å²) in [5.74, 6) is 0. The molecule has 0 radical (unpaired) electrons. The smallest absolute Gasteiger partial charge is 0.279 e. The van der Waals surface area contributed by atoms with Gasteiger partial charge in [-0.3, -0.25) is 0 Å². The first-order chi connectivity index (χ1) is 14.8. The fourth-order valence-corrected chi connectivity index (χ4v) is 5.15. The lowest BCUT2D eigenvalue weighted by Gasteiger charge is -2.24. The van der Waals surface area contributed by atoms with Gasteiger partial charge in [0.15, 0.2) is 0 Å². The molecular weight excluding hydrogens is 430 g/mol. The standard InChI is InChI=1S/C24H24ClN3O2S/c1-17-4-14-22(15-5-17)31(29,30)28-24(19-8-12-21(13-9-19)27(2)3)16-23(26-28)18-6-10-20(25)11-7-18/h4-15,24H,16H2,1-3H3/t24-/m0/s1. The molecule has 0 spiro atoms. The molecule has 1 aliphatic rings. The lowest BCUT2D eigenvalue weighted by Crippen LogP contribution is -2.27. The number of hydrogen-bond acceptors (Lipinski definition) is 4. The summed E-state index contributed by atoms with van der Waals surface area (Å²) in [5.41, 5.74) is 4.53. The summed E-state index contributed by atoms with van der Waals surface area (Å²) in [4.78, 5) is 2.24. The fourth-order valence-electron chi connectivity index (χ4n) is 3.59. The van der Waals surface area contributed by atoms with Crippen LogP contribution in [0.5, 0.6) is 0 Å². The van der Waals surface area contributed by atoms with E-state index in [0.29, 0.717) is 17.2 Å². The molecule has 0 saturated carbocycles. The minimum Gasteiger partial charge on any atom is -0.378 e. The van der Waals surface area contributed by atoms with Gasteiger partial charge in [-0.1, -0.05) is 53.6 Å². The molecule has 0 amide bonds. The van der Waals surface area contributed by atoms with Gasteiger partial charge in [0.25, 0.3) is 10.0 Å². The molecular formula is C24H24ClN3O2S. The summed E-state index contributed by atoms with van der Waals surface area (Å²) in [6, 6.07) is 21.7. The molecule has 1 heterocycles. The van der Waals surface area contributed by atoms with E-state index >= 15 is 0 Å². The zero-order chi connectivity index (χ0) is 22.2. The Hall–Kier alpha value is -2.83. The van der Waals surface area contributed by atoms with Crippen molar-refractivity contribution in [2.24, 2.45) is 5.10 Å². The lowest BCUT2D eigenvalue weighted by molar-refractivity contribution is 0.371. The van der Waals surface area contributed by atoms with Crippen LogP contribution in [-0.2, 0) is 10.0 Å². The van der Waals surface area contributed by atoms with Gasteiger partial charge in [0, 0.05) is 31.2 Å². The molecule has 31 heavy (non-hydrogen) atoms. The minimum absolute atomic E-state index is 0.231. The van der Waals surface area contributed by atoms with Crippen molar-refractivity contribution in [2.45, 2.75) is 24.3 Å². The summed E-state index contributed by atoms with van der Waals surface area (Å²) in [7, 11) is 0.126. The lowest BCUT2D eigenvalue weighted by atomic mass is 9.99. The number of benzene rings is 3. The van der Waals surface area contributed by atoms with Crippen molar-refractivity contribution in [1.82, 2.24) is 4.41 Å². The van der Waals surface area contributed by atoms with Crippen LogP contribution in [0, 0.1) is 6.92 Å². The number of anilines is 1. The topological polar surface area (TPSA) is 53.0 Å². The maximum Gasteiger partial charge on any atom is 0.279 e. The van der Waals surface area contributed by atoms with Crippen molar-refractivity contribution in [3.63, 3.8) is 0 Å². The van der Waals surface area contributed by atoms with E-state index < -0.39 is 16.1 Å². The maximum absolute atomic E-state index is 13.5. The zero-order valence-corrected chi connectivity index (χ0v) is 19.2. The summed E-state index contributed by atoms with van der Waals surface area (Å²) in [5, 5.41) is 5.21. The van der Waals surface area contributed by atoms with Crippen molar-refractivity contribution in [2.75, 3.05) is 19.0 Å². The van der Waals surface area contributed by atoms with Gasteiger partial charge in [-0.05, 0) is 54.4 Å². The highest BCUT2D eigenvalue weighted by molar-refractivity contribution is 7.89. The van der Waals surface area contributed by atoms with Crippen molar-refractivity contribution >= 4 is 33.0 Å². The van der Waals surface area contributed by atoms with E-state index in [4.69, 9.17) is 11.6 Å². The van der Waals surface area contributed by atoms with Gasteiger partial charge in [-0.2, -0.15) is 17.9 Å². The van der Waals surface area contributed by atoms with Gasteiger partial charge < -0.3 is 4.90 Å². The monoisotopic (exact) mass is 453 g/mol. The molecule has 0 aromatic heterocycles. The van der Waals surface area contributed by atoms with Crippen molar-refractivity contribution in [1.29, 1.82) is 0 Å². The van der Waals surface area contributed by atoms with E-state index in [0.717, 1.165) is 22.4 Å². The highest BCUT2D eigenvalue weighted by Gasteiger charge is 2.37. The zero-order valence-electron chi connectivity index (χ0n) is 17.7. The Morgan fingerprint density at radius 3 is 2.13 bits per heavy atom. The predicted octanol–water partition coefficient (Wildman–Crippen LogP) is 5.25. The van der Waals surface area contributed by atoms with Crippen LogP contribution in [0.3, 0.4) is 0 Å². The largest absolute Gasteiger partial charge is 0.378 e. The van der Waals surface area contributed by atoms with Crippen LogP contribution < -0.4 is 4.90 Å². The number of hydrazone groups is 1. The second-order valence-electron chi connectivity index (χ2n) is 7.85. The summed E-state index contributed by atoms with van der Waals surface area (Å²) >= 11 is 6.03. The summed E-state index contributed by atoms with van der Waals surface area (Å²) in [6.07, 6.45) is 0.480. The third-order valence-corrected chi connectivity index (χ3v) is 7.36. The first-order valence-electron chi connectivity index (χ1n) is 9.97. The van der Waals surface area contributed by atoms with Crippen molar-refractivity contribution in [3.8, 4) is 0 Å². The number of halogens is 1. The molecule has 4 rings (SSSR count). The quantitative estimate of drug-likeness (QED) is 0.529. The normalized spacial score (nSPS) is 16.3. The van der Waals surface area contributed by atoms with Crippen LogP contribution in [0.1, 0.15) is 29.2 Å². The molecule has 1 aliphatic heterocycles. The SMILES string of the molecule is Cc1ccc(S(=O)(=O)N2N=C(c3ccc(Cl)cc3)C[C@H]2c2ccc(N(C)C)cc2)cc1. The Balaban J connectivity index is 1.77. The Bertz CT molecular complexity index is 1200. The highest BCUT2D eigenvalue weighted by atomic mass is 35.5. The van der Waals surface area contributed by atoms with Crippen molar-refractivity contribution in [3.05, 3.63) is 94.5 Å². The molecule has 3 aromatic carbocycles. The Labute approximate surface area is 188 Å². The molecule has 7 heteroatoms. The number of hydrogen-bond donors (Lipinski definition) is 0. The molecule has 3 aromatic rings. The average molecular weight is 454 g/mol. The fraction of sp³-hybridized carbons (Fsp3) is 0.208. The Morgan fingerprint density at radius 1 is 0.935 bits per heavy atom. The first kappa shape index (κ1) is 21.4. The maximum atomic E-state index is 13.5. The van der Waals surface area contributed by atoms with Gasteiger partial charge in [0.1, 0.15) is 0 Å². The van der Waals surface area contributed by atoms with E-state index in [2.05, 4.69) is 5.10 Å². The van der Waals surface area contributed by atoms with Crippen LogP contribution in [0.15, 0.2) is 82.8 Å². The molecule has 0 N–H and O–H groups in total. The van der Waals surface area contributed by atoms with E-state index in [1.54, 1.807) is 36.4 Å². The molecule has 0 saturated heterocycles. The van der Waals surface area contributed by atoms with Crippen LogP contribution in [-0.4, -0.2) is 32.6 Å². The van der Waals surface area contributed by atoms with Crippen molar-refractivity contribution < 1.29 is 8.42 Å². The molecule has 1 atom stereocenters. The number of rotatable bonds is 5. The van der Waals surface area contributed by atoms with Crippen LogP contribution in [0.25, 0.3) is 0 Å². The predicted molar refractivity (Wildman–Crippen MR) is 126 cm³/mol. The molecule has 0 unspecified atom stereocenters. The average Bonchev–Trinajstić information content (AvgIpc) is 3.21. The number of aryl methyl sites for hydroxylation is 1. The summed E-state index contributed by atoms with van der Waals surface area (Å²) < 4.78 is 28.3. The van der Waals surface area contributed by atoms with Crippen LogP contribution in [0.4, 0.5) is 5.69 Å². The molecule has 0 aliphatic carbocycles. The number of sulfonamides is 1. The van der Waals surface area contributed by atoms with E-state index in [1.165, 1.54) is 4.41 Å².